The number of aromatic hydroxyl groups is 1. The van der Waals surface area contributed by atoms with E-state index in [9.17, 15) is 9.50 Å². The summed E-state index contributed by atoms with van der Waals surface area (Å²) in [5, 5.41) is 12.1. The molecule has 0 radical (unpaired) electrons. The van der Waals surface area contributed by atoms with Gasteiger partial charge in [0.2, 0.25) is 0 Å². The van der Waals surface area contributed by atoms with Gasteiger partial charge in [-0.1, -0.05) is 32.8 Å². The molecule has 0 saturated heterocycles. The summed E-state index contributed by atoms with van der Waals surface area (Å²) in [6.07, 6.45) is 0. The van der Waals surface area contributed by atoms with Crippen LogP contribution in [0.1, 0.15) is 11.1 Å². The maximum absolute atomic E-state index is 13.4. The third-order valence-electron chi connectivity index (χ3n) is 3.06. The van der Waals surface area contributed by atoms with Crippen molar-refractivity contribution in [1.29, 1.82) is 0 Å². The van der Waals surface area contributed by atoms with Crippen LogP contribution >= 0.6 is 27.2 Å². The first-order valence-corrected chi connectivity index (χ1v) is 12.1. The summed E-state index contributed by atoms with van der Waals surface area (Å²) in [5.74, 6) is 0.120. The van der Waals surface area contributed by atoms with Crippen molar-refractivity contribution in [3.8, 4) is 5.75 Å². The van der Waals surface area contributed by atoms with E-state index in [4.69, 9.17) is 18.6 Å². The number of nitrogens with zero attached hydrogens (tertiary/aromatic N) is 1. The standard InChI is InChI=1S/C16H19FNOP.2ClH.Ti/c1-11-5-4-6-15(16(11)19)20-14-8-7-13(17)9-12(14)10-18(2)3;;;/h4-9,19-20H,10H2,1-3H3;2*1H;/q;;;+2/p-2. The molecule has 0 heterocycles. The molecule has 0 aliphatic carbocycles. The van der Waals surface area contributed by atoms with Crippen LogP contribution < -0.4 is 10.6 Å². The summed E-state index contributed by atoms with van der Waals surface area (Å²) in [6.45, 7) is 2.57. The van der Waals surface area contributed by atoms with E-state index in [1.807, 2.05) is 50.2 Å². The maximum atomic E-state index is 13.4. The fourth-order valence-electron chi connectivity index (χ4n) is 2.06. The minimum absolute atomic E-state index is 0.219. The molecular formula is C16H19Cl2FNOPTi. The molecule has 0 aliphatic rings. The Bertz CT molecular complexity index is 643. The Labute approximate surface area is 155 Å². The van der Waals surface area contributed by atoms with Crippen LogP contribution in [0.2, 0.25) is 0 Å². The molecule has 0 aromatic heterocycles. The topological polar surface area (TPSA) is 23.5 Å². The van der Waals surface area contributed by atoms with Gasteiger partial charge in [0.05, 0.1) is 0 Å². The monoisotopic (exact) mass is 409 g/mol. The van der Waals surface area contributed by atoms with Gasteiger partial charge in [0.15, 0.2) is 0 Å². The van der Waals surface area contributed by atoms with E-state index in [1.165, 1.54) is 6.07 Å². The first kappa shape index (κ1) is 20.9. The summed E-state index contributed by atoms with van der Waals surface area (Å²) in [6, 6.07) is 10.6. The Morgan fingerprint density at radius 1 is 1.17 bits per heavy atom. The molecule has 0 spiro atoms. The van der Waals surface area contributed by atoms with Gasteiger partial charge in [-0.05, 0) is 49.6 Å². The average Bonchev–Trinajstić information content (AvgIpc) is 2.47. The summed E-state index contributed by atoms with van der Waals surface area (Å²) in [5.41, 5.74) is 1.83. The van der Waals surface area contributed by atoms with Crippen molar-refractivity contribution in [3.63, 3.8) is 0 Å². The van der Waals surface area contributed by atoms with Crippen LogP contribution in [-0.4, -0.2) is 24.1 Å². The quantitative estimate of drug-likeness (QED) is 0.611. The fourth-order valence-corrected chi connectivity index (χ4v) is 3.32. The molecule has 0 saturated carbocycles. The van der Waals surface area contributed by atoms with E-state index >= 15 is 0 Å². The van der Waals surface area contributed by atoms with Crippen LogP contribution in [0.4, 0.5) is 4.39 Å². The van der Waals surface area contributed by atoms with E-state index in [1.54, 1.807) is 6.07 Å². The molecule has 23 heavy (non-hydrogen) atoms. The van der Waals surface area contributed by atoms with E-state index in [0.29, 0.717) is 20.9 Å². The zero-order chi connectivity index (χ0) is 17.4. The third-order valence-corrected chi connectivity index (χ3v) is 4.49. The molecule has 0 amide bonds. The predicted molar refractivity (Wildman–Crippen MR) is 95.9 cm³/mol. The van der Waals surface area contributed by atoms with E-state index in [2.05, 4.69) is 0 Å². The fraction of sp³-hybridized carbons (Fsp3) is 0.250. The van der Waals surface area contributed by atoms with Crippen molar-refractivity contribution in [2.75, 3.05) is 14.1 Å². The number of phenols is 1. The summed E-state index contributed by atoms with van der Waals surface area (Å²) >= 11 is -0.556. The van der Waals surface area contributed by atoms with Gasteiger partial charge in [-0.15, -0.1) is 0 Å². The van der Waals surface area contributed by atoms with Gasteiger partial charge in [-0.2, -0.15) is 0 Å². The van der Waals surface area contributed by atoms with Crippen molar-refractivity contribution in [2.45, 2.75) is 13.5 Å². The first-order chi connectivity index (χ1) is 10.9. The Morgan fingerprint density at radius 3 is 2.43 bits per heavy atom. The van der Waals surface area contributed by atoms with Gasteiger partial charge in [-0.3, -0.25) is 0 Å². The van der Waals surface area contributed by atoms with E-state index in [0.717, 1.165) is 21.7 Å². The van der Waals surface area contributed by atoms with Crippen molar-refractivity contribution < 1.29 is 26.5 Å². The van der Waals surface area contributed by atoms with Gasteiger partial charge in [-0.25, -0.2) is 4.39 Å². The Kier molecular flexibility index (Phi) is 9.69. The summed E-state index contributed by atoms with van der Waals surface area (Å²) in [7, 11) is 14.0. The molecule has 1 atom stereocenters. The zero-order valence-corrected chi connectivity index (χ0v) is 17.3. The predicted octanol–water partition coefficient (Wildman–Crippen LogP) is 3.91. The molecule has 2 aromatic rings. The van der Waals surface area contributed by atoms with E-state index in [-0.39, 0.29) is 5.82 Å². The Morgan fingerprint density at radius 2 is 1.83 bits per heavy atom. The third kappa shape index (κ3) is 7.09. The first-order valence-electron chi connectivity index (χ1n) is 6.84. The number of aryl methyl sites for hydroxylation is 1. The number of halogens is 3. The average molecular weight is 410 g/mol. The van der Waals surface area contributed by atoms with Gasteiger partial charge < -0.3 is 10.0 Å². The SMILES string of the molecule is Cc1cccc(Pc2ccc(F)cc2CN(C)C)c1O.[Cl][Ti][Cl]. The number of hydrogen-bond donors (Lipinski definition) is 1. The van der Waals surface area contributed by atoms with Crippen molar-refractivity contribution >= 4 is 37.8 Å². The molecule has 0 bridgehead atoms. The normalized spacial score (nSPS) is 10.7. The number of para-hydroxylation sites is 1. The van der Waals surface area contributed by atoms with Crippen LogP contribution in [0, 0.1) is 12.7 Å². The van der Waals surface area contributed by atoms with Gasteiger partial charge in [0.25, 0.3) is 0 Å². The van der Waals surface area contributed by atoms with Gasteiger partial charge in [0, 0.05) is 11.8 Å². The molecule has 2 rings (SSSR count). The molecular weight excluding hydrogens is 391 g/mol. The minimum atomic E-state index is -0.556. The molecule has 7 heteroatoms. The van der Waals surface area contributed by atoms with Gasteiger partial charge in [0.1, 0.15) is 11.6 Å². The molecule has 2 nitrogen and oxygen atoms in total. The van der Waals surface area contributed by atoms with E-state index < -0.39 is 17.0 Å². The summed E-state index contributed by atoms with van der Waals surface area (Å²) < 4.78 is 13.4. The Balaban J connectivity index is 0.000000816. The number of hydrogen-bond acceptors (Lipinski definition) is 2. The molecule has 0 fully saturated rings. The molecule has 1 N–H and O–H groups in total. The Hall–Kier alpha value is -0.146. The number of rotatable bonds is 4. The van der Waals surface area contributed by atoms with Crippen LogP contribution in [0.25, 0.3) is 0 Å². The zero-order valence-electron chi connectivity index (χ0n) is 13.2. The van der Waals surface area contributed by atoms with Crippen molar-refractivity contribution in [3.05, 3.63) is 53.3 Å². The molecule has 2 aromatic carbocycles. The van der Waals surface area contributed by atoms with Crippen molar-refractivity contribution in [1.82, 2.24) is 4.90 Å². The molecule has 0 aliphatic heterocycles. The van der Waals surface area contributed by atoms with Crippen LogP contribution in [0.3, 0.4) is 0 Å². The van der Waals surface area contributed by atoms with Crippen LogP contribution in [0.15, 0.2) is 36.4 Å². The second kappa shape index (κ2) is 10.7. The number of benzene rings is 2. The van der Waals surface area contributed by atoms with Crippen LogP contribution in [0.5, 0.6) is 5.75 Å². The molecule has 1 unspecified atom stereocenters. The molecule has 124 valence electrons. The van der Waals surface area contributed by atoms with Crippen molar-refractivity contribution in [2.24, 2.45) is 0 Å². The second-order valence-electron chi connectivity index (χ2n) is 5.21. The second-order valence-corrected chi connectivity index (χ2v) is 9.11. The number of phenolic OH excluding ortho intramolecular Hbond substituents is 1. The summed E-state index contributed by atoms with van der Waals surface area (Å²) in [4.78, 5) is 2.01. The van der Waals surface area contributed by atoms with Gasteiger partial charge >= 0.3 is 35.6 Å². The van der Waals surface area contributed by atoms with Crippen LogP contribution in [-0.2, 0) is 23.6 Å².